The van der Waals surface area contributed by atoms with Gasteiger partial charge in [-0.05, 0) is 53.1 Å². The molecule has 0 N–H and O–H groups in total. The SMILES string of the molecule is Clc1ccc(C2SC(c3ccc(Cl)cc3)SC(c3ccc(Cl)cc3)S2)cc1. The van der Waals surface area contributed by atoms with Crippen LogP contribution in [0.4, 0.5) is 0 Å². The van der Waals surface area contributed by atoms with Gasteiger partial charge in [-0.3, -0.25) is 0 Å². The summed E-state index contributed by atoms with van der Waals surface area (Å²) in [6, 6.07) is 24.6. The van der Waals surface area contributed by atoms with E-state index in [4.69, 9.17) is 34.8 Å². The lowest BCUT2D eigenvalue weighted by molar-refractivity contribution is 1.26. The summed E-state index contributed by atoms with van der Waals surface area (Å²) in [7, 11) is 0. The first-order chi connectivity index (χ1) is 13.1. The first kappa shape index (κ1) is 19.9. The van der Waals surface area contributed by atoms with Gasteiger partial charge >= 0.3 is 0 Å². The van der Waals surface area contributed by atoms with Gasteiger partial charge in [0.25, 0.3) is 0 Å². The Balaban J connectivity index is 1.66. The van der Waals surface area contributed by atoms with Crippen LogP contribution in [0.25, 0.3) is 0 Å². The molecule has 27 heavy (non-hydrogen) atoms. The third-order valence-electron chi connectivity index (χ3n) is 4.17. The predicted octanol–water partition coefficient (Wildman–Crippen LogP) is 9.26. The number of thioether (sulfide) groups is 3. The molecule has 0 unspecified atom stereocenters. The molecule has 0 aromatic heterocycles. The van der Waals surface area contributed by atoms with Gasteiger partial charge in [-0.1, -0.05) is 71.2 Å². The molecule has 0 spiro atoms. The Hall–Kier alpha value is -0.420. The van der Waals surface area contributed by atoms with Crippen LogP contribution < -0.4 is 0 Å². The van der Waals surface area contributed by atoms with E-state index in [0.29, 0.717) is 13.7 Å². The molecule has 0 bridgehead atoms. The highest BCUT2D eigenvalue weighted by atomic mass is 35.5. The van der Waals surface area contributed by atoms with Gasteiger partial charge in [0, 0.05) is 15.1 Å². The zero-order valence-corrected chi connectivity index (χ0v) is 18.7. The maximum absolute atomic E-state index is 6.09. The van der Waals surface area contributed by atoms with Gasteiger partial charge < -0.3 is 0 Å². The summed E-state index contributed by atoms with van der Waals surface area (Å²) in [6.07, 6.45) is 0. The highest BCUT2D eigenvalue weighted by Gasteiger charge is 2.33. The van der Waals surface area contributed by atoms with Crippen LogP contribution in [0, 0.1) is 0 Å². The zero-order chi connectivity index (χ0) is 18.8. The van der Waals surface area contributed by atoms with Crippen LogP contribution in [0.5, 0.6) is 0 Å². The normalized spacial score (nSPS) is 22.6. The van der Waals surface area contributed by atoms with Crippen molar-refractivity contribution in [2.24, 2.45) is 0 Å². The maximum atomic E-state index is 6.09. The highest BCUT2D eigenvalue weighted by molar-refractivity contribution is 8.32. The van der Waals surface area contributed by atoms with Crippen molar-refractivity contribution >= 4 is 70.1 Å². The van der Waals surface area contributed by atoms with Crippen molar-refractivity contribution < 1.29 is 0 Å². The van der Waals surface area contributed by atoms with Gasteiger partial charge in [-0.15, -0.1) is 35.3 Å². The second-order valence-corrected chi connectivity index (χ2v) is 11.9. The number of benzene rings is 3. The van der Waals surface area contributed by atoms with E-state index in [1.807, 2.05) is 71.7 Å². The molecular weight excluding hydrogens is 455 g/mol. The maximum Gasteiger partial charge on any atom is 0.0780 e. The summed E-state index contributed by atoms with van der Waals surface area (Å²) in [5.41, 5.74) is 3.85. The zero-order valence-electron chi connectivity index (χ0n) is 14.0. The van der Waals surface area contributed by atoms with Gasteiger partial charge in [-0.25, -0.2) is 0 Å². The molecule has 138 valence electrons. The molecular formula is C21H15Cl3S3. The molecule has 4 rings (SSSR count). The van der Waals surface area contributed by atoms with Crippen LogP contribution in [-0.2, 0) is 0 Å². The van der Waals surface area contributed by atoms with Crippen molar-refractivity contribution in [3.8, 4) is 0 Å². The standard InChI is InChI=1S/C21H15Cl3S3/c22-16-7-1-13(2-8-16)19-25-20(14-3-9-17(23)10-4-14)27-21(26-19)15-5-11-18(24)12-6-15/h1-12,19-21H. The van der Waals surface area contributed by atoms with Gasteiger partial charge in [0.2, 0.25) is 0 Å². The highest BCUT2D eigenvalue weighted by Crippen LogP contribution is 2.66. The molecule has 3 aromatic carbocycles. The predicted molar refractivity (Wildman–Crippen MR) is 125 cm³/mol. The Morgan fingerprint density at radius 3 is 0.852 bits per heavy atom. The first-order valence-electron chi connectivity index (χ1n) is 8.31. The summed E-state index contributed by atoms with van der Waals surface area (Å²) >= 11 is 24.2. The molecule has 6 heteroatoms. The lowest BCUT2D eigenvalue weighted by Crippen LogP contribution is -2.05. The summed E-state index contributed by atoms with van der Waals surface area (Å²) in [6.45, 7) is 0. The molecule has 1 aliphatic heterocycles. The van der Waals surface area contributed by atoms with Crippen molar-refractivity contribution in [3.63, 3.8) is 0 Å². The summed E-state index contributed by atoms with van der Waals surface area (Å²) in [5.74, 6) is 0. The number of halogens is 3. The molecule has 1 aliphatic rings. The molecule has 0 aliphatic carbocycles. The van der Waals surface area contributed by atoms with E-state index in [2.05, 4.69) is 36.4 Å². The minimum atomic E-state index is 0.324. The smallest absolute Gasteiger partial charge is 0.0780 e. The lowest BCUT2D eigenvalue weighted by atomic mass is 10.2. The number of hydrogen-bond donors (Lipinski definition) is 0. The molecule has 1 fully saturated rings. The van der Waals surface area contributed by atoms with Gasteiger partial charge in [-0.2, -0.15) is 0 Å². The van der Waals surface area contributed by atoms with Crippen molar-refractivity contribution in [3.05, 3.63) is 105 Å². The van der Waals surface area contributed by atoms with Crippen LogP contribution >= 0.6 is 70.1 Å². The topological polar surface area (TPSA) is 0 Å². The van der Waals surface area contributed by atoms with E-state index >= 15 is 0 Å². The van der Waals surface area contributed by atoms with Gasteiger partial charge in [0.1, 0.15) is 0 Å². The van der Waals surface area contributed by atoms with Crippen LogP contribution in [0.2, 0.25) is 15.1 Å². The van der Waals surface area contributed by atoms with Gasteiger partial charge in [0.05, 0.1) is 13.7 Å². The lowest BCUT2D eigenvalue weighted by Gasteiger charge is -2.34. The fourth-order valence-corrected chi connectivity index (χ4v) is 9.10. The van der Waals surface area contributed by atoms with Crippen LogP contribution in [0.3, 0.4) is 0 Å². The Morgan fingerprint density at radius 1 is 0.407 bits per heavy atom. The van der Waals surface area contributed by atoms with E-state index in [1.54, 1.807) is 0 Å². The Morgan fingerprint density at radius 2 is 0.630 bits per heavy atom. The van der Waals surface area contributed by atoms with Gasteiger partial charge in [0.15, 0.2) is 0 Å². The molecule has 0 saturated carbocycles. The second kappa shape index (κ2) is 8.94. The third kappa shape index (κ3) is 4.95. The van der Waals surface area contributed by atoms with E-state index < -0.39 is 0 Å². The van der Waals surface area contributed by atoms with Crippen molar-refractivity contribution in [2.75, 3.05) is 0 Å². The van der Waals surface area contributed by atoms with Crippen molar-refractivity contribution in [2.45, 2.75) is 13.7 Å². The minimum absolute atomic E-state index is 0.324. The summed E-state index contributed by atoms with van der Waals surface area (Å²) in [4.78, 5) is 0. The molecule has 1 saturated heterocycles. The first-order valence-corrected chi connectivity index (χ1v) is 12.3. The fourth-order valence-electron chi connectivity index (χ4n) is 2.76. The number of rotatable bonds is 3. The van der Waals surface area contributed by atoms with Crippen LogP contribution in [-0.4, -0.2) is 0 Å². The number of hydrogen-bond acceptors (Lipinski definition) is 3. The Kier molecular flexibility index (Phi) is 6.58. The molecule has 3 aromatic rings. The van der Waals surface area contributed by atoms with E-state index in [-0.39, 0.29) is 0 Å². The molecule has 0 nitrogen and oxygen atoms in total. The summed E-state index contributed by atoms with van der Waals surface area (Å²) < 4.78 is 0.972. The quantitative estimate of drug-likeness (QED) is 0.375. The van der Waals surface area contributed by atoms with Crippen LogP contribution in [0.1, 0.15) is 30.4 Å². The average Bonchev–Trinajstić information content (AvgIpc) is 2.69. The average molecular weight is 470 g/mol. The van der Waals surface area contributed by atoms with E-state index in [9.17, 15) is 0 Å². The van der Waals surface area contributed by atoms with Crippen molar-refractivity contribution in [1.82, 2.24) is 0 Å². The molecule has 0 radical (unpaired) electrons. The molecule has 1 heterocycles. The summed E-state index contributed by atoms with van der Waals surface area (Å²) in [5, 5.41) is 2.30. The van der Waals surface area contributed by atoms with E-state index in [0.717, 1.165) is 15.1 Å². The van der Waals surface area contributed by atoms with E-state index in [1.165, 1.54) is 16.7 Å². The fraction of sp³-hybridized carbons (Fsp3) is 0.143. The Bertz CT molecular complexity index is 767. The molecule has 0 atom stereocenters. The second-order valence-electron chi connectivity index (χ2n) is 6.06. The largest absolute Gasteiger partial charge is 0.123 e. The third-order valence-corrected chi connectivity index (χ3v) is 10.0. The van der Waals surface area contributed by atoms with Crippen molar-refractivity contribution in [1.29, 1.82) is 0 Å². The monoisotopic (exact) mass is 468 g/mol. The Labute approximate surface area is 187 Å². The minimum Gasteiger partial charge on any atom is -0.123 e. The van der Waals surface area contributed by atoms with Crippen LogP contribution in [0.15, 0.2) is 72.8 Å². The molecule has 0 amide bonds.